The summed E-state index contributed by atoms with van der Waals surface area (Å²) in [6.45, 7) is 4.43. The van der Waals surface area contributed by atoms with E-state index in [0.29, 0.717) is 0 Å². The van der Waals surface area contributed by atoms with Gasteiger partial charge in [0.15, 0.2) is 0 Å². The van der Waals surface area contributed by atoms with Gasteiger partial charge in [-0.2, -0.15) is 0 Å². The summed E-state index contributed by atoms with van der Waals surface area (Å²) in [5.74, 6) is 0. The van der Waals surface area contributed by atoms with E-state index in [9.17, 15) is 5.11 Å². The first-order valence-corrected chi connectivity index (χ1v) is 7.12. The molecule has 0 radical (unpaired) electrons. The van der Waals surface area contributed by atoms with Crippen molar-refractivity contribution in [1.82, 2.24) is 0 Å². The molecule has 2 aromatic carbocycles. The molecule has 21 heavy (non-hydrogen) atoms. The van der Waals surface area contributed by atoms with Crippen molar-refractivity contribution in [3.8, 4) is 11.1 Å². The molecular weight excluding hydrogens is 262 g/mol. The van der Waals surface area contributed by atoms with Crippen LogP contribution in [0.4, 0.5) is 0 Å². The van der Waals surface area contributed by atoms with Crippen LogP contribution < -0.4 is 5.73 Å². The van der Waals surface area contributed by atoms with Gasteiger partial charge in [-0.05, 0) is 30.5 Å². The van der Waals surface area contributed by atoms with Gasteiger partial charge in [-0.15, -0.1) is 0 Å². The summed E-state index contributed by atoms with van der Waals surface area (Å²) in [5, 5.41) is 9.88. The van der Waals surface area contributed by atoms with Crippen molar-refractivity contribution in [3.63, 3.8) is 0 Å². The zero-order chi connectivity index (χ0) is 15.4. The summed E-state index contributed by atoms with van der Waals surface area (Å²) >= 11 is 0. The van der Waals surface area contributed by atoms with E-state index in [0.717, 1.165) is 11.1 Å². The summed E-state index contributed by atoms with van der Waals surface area (Å²) in [5.41, 5.74) is 11.8. The molecule has 0 fully saturated rings. The smallest absolute Gasteiger partial charge is 0.0965 e. The van der Waals surface area contributed by atoms with Crippen LogP contribution in [0.1, 0.15) is 22.7 Å². The molecule has 0 aliphatic rings. The molecule has 0 aliphatic heterocycles. The molecule has 0 saturated heterocycles. The molecule has 2 rings (SSSR count). The predicted octanol–water partition coefficient (Wildman–Crippen LogP) is 2.98. The Labute approximate surface area is 126 Å². The Hall–Kier alpha value is -1.68. The van der Waals surface area contributed by atoms with Gasteiger partial charge >= 0.3 is 0 Å². The van der Waals surface area contributed by atoms with E-state index in [4.69, 9.17) is 10.5 Å². The Bertz CT molecular complexity index is 572. The highest BCUT2D eigenvalue weighted by Gasteiger charge is 2.16. The average molecular weight is 285 g/mol. The second-order valence-corrected chi connectivity index (χ2v) is 5.55. The molecular formula is C18H23NO2. The quantitative estimate of drug-likeness (QED) is 0.888. The van der Waals surface area contributed by atoms with Crippen LogP contribution in [-0.2, 0) is 4.74 Å². The Kier molecular flexibility index (Phi) is 5.12. The summed E-state index contributed by atoms with van der Waals surface area (Å²) in [6, 6.07) is 14.1. The van der Waals surface area contributed by atoms with E-state index >= 15 is 0 Å². The van der Waals surface area contributed by atoms with Gasteiger partial charge in [0, 0.05) is 7.11 Å². The van der Waals surface area contributed by atoms with E-state index in [1.54, 1.807) is 7.11 Å². The van der Waals surface area contributed by atoms with Crippen LogP contribution in [0.5, 0.6) is 0 Å². The van der Waals surface area contributed by atoms with Crippen molar-refractivity contribution in [2.24, 2.45) is 5.73 Å². The van der Waals surface area contributed by atoms with Gasteiger partial charge in [0.05, 0.1) is 18.8 Å². The van der Waals surface area contributed by atoms with Crippen molar-refractivity contribution < 1.29 is 9.84 Å². The molecule has 0 heterocycles. The molecule has 0 amide bonds. The predicted molar refractivity (Wildman–Crippen MR) is 86.2 cm³/mol. The second kappa shape index (κ2) is 6.85. The molecule has 2 atom stereocenters. The minimum absolute atomic E-state index is 0.236. The fraction of sp³-hybridized carbons (Fsp3) is 0.333. The van der Waals surface area contributed by atoms with Crippen molar-refractivity contribution in [1.29, 1.82) is 0 Å². The number of rotatable bonds is 5. The number of ether oxygens (including phenoxy) is 1. The van der Waals surface area contributed by atoms with Gasteiger partial charge in [0.1, 0.15) is 0 Å². The Morgan fingerprint density at radius 2 is 1.57 bits per heavy atom. The third-order valence-corrected chi connectivity index (χ3v) is 3.60. The molecule has 0 aliphatic carbocycles. The molecule has 3 heteroatoms. The van der Waals surface area contributed by atoms with Crippen LogP contribution in [-0.4, -0.2) is 24.9 Å². The Balaban J connectivity index is 2.22. The largest absolute Gasteiger partial charge is 0.389 e. The maximum Gasteiger partial charge on any atom is 0.0965 e. The zero-order valence-electron chi connectivity index (χ0n) is 12.8. The molecule has 0 bridgehead atoms. The zero-order valence-corrected chi connectivity index (χ0v) is 12.8. The molecule has 112 valence electrons. The van der Waals surface area contributed by atoms with E-state index in [1.165, 1.54) is 16.7 Å². The number of hydrogen-bond acceptors (Lipinski definition) is 3. The molecule has 0 saturated carbocycles. The Morgan fingerprint density at radius 1 is 1.00 bits per heavy atom. The number of aliphatic hydroxyl groups excluding tert-OH is 1. The standard InChI is InChI=1S/C18H23NO2/c1-12-8-13(2)10-16(9-12)14-4-6-15(7-5-14)18(19)17(20)11-21-3/h4-10,17-18,20H,11,19H2,1-3H3/t17-,18+/m0/s1. The SMILES string of the molecule is COC[C@H](O)[C@H](N)c1ccc(-c2cc(C)cc(C)c2)cc1. The van der Waals surface area contributed by atoms with Gasteiger partial charge in [-0.25, -0.2) is 0 Å². The lowest BCUT2D eigenvalue weighted by Crippen LogP contribution is -2.29. The summed E-state index contributed by atoms with van der Waals surface area (Å²) < 4.78 is 4.94. The molecule has 0 aromatic heterocycles. The van der Waals surface area contributed by atoms with E-state index in [1.807, 2.05) is 24.3 Å². The first-order valence-electron chi connectivity index (χ1n) is 7.12. The number of aryl methyl sites for hydroxylation is 2. The number of aliphatic hydroxyl groups is 1. The van der Waals surface area contributed by atoms with Gasteiger partial charge < -0.3 is 15.6 Å². The van der Waals surface area contributed by atoms with E-state index in [2.05, 4.69) is 32.0 Å². The molecule has 0 unspecified atom stereocenters. The van der Waals surface area contributed by atoms with Gasteiger partial charge in [-0.3, -0.25) is 0 Å². The molecule has 3 nitrogen and oxygen atoms in total. The van der Waals surface area contributed by atoms with Crippen LogP contribution in [0, 0.1) is 13.8 Å². The topological polar surface area (TPSA) is 55.5 Å². The summed E-state index contributed by atoms with van der Waals surface area (Å²) in [6.07, 6.45) is -0.693. The number of hydrogen-bond donors (Lipinski definition) is 2. The maximum atomic E-state index is 9.88. The lowest BCUT2D eigenvalue weighted by atomic mass is 9.97. The van der Waals surface area contributed by atoms with Crippen LogP contribution in [0.2, 0.25) is 0 Å². The first-order chi connectivity index (χ1) is 10.0. The normalized spacial score (nSPS) is 14.0. The molecule has 2 aromatic rings. The summed E-state index contributed by atoms with van der Waals surface area (Å²) in [7, 11) is 1.55. The van der Waals surface area contributed by atoms with Crippen LogP contribution >= 0.6 is 0 Å². The third kappa shape index (κ3) is 3.91. The fourth-order valence-electron chi connectivity index (χ4n) is 2.54. The van der Waals surface area contributed by atoms with Gasteiger partial charge in [0.2, 0.25) is 0 Å². The summed E-state index contributed by atoms with van der Waals surface area (Å²) in [4.78, 5) is 0. The molecule has 0 spiro atoms. The lowest BCUT2D eigenvalue weighted by molar-refractivity contribution is 0.0477. The highest BCUT2D eigenvalue weighted by molar-refractivity contribution is 5.65. The number of benzene rings is 2. The van der Waals surface area contributed by atoms with Crippen molar-refractivity contribution in [2.45, 2.75) is 26.0 Å². The lowest BCUT2D eigenvalue weighted by Gasteiger charge is -2.18. The minimum Gasteiger partial charge on any atom is -0.389 e. The minimum atomic E-state index is -0.693. The molecule has 3 N–H and O–H groups in total. The average Bonchev–Trinajstić information content (AvgIpc) is 2.46. The highest BCUT2D eigenvalue weighted by atomic mass is 16.5. The van der Waals surface area contributed by atoms with Crippen molar-refractivity contribution >= 4 is 0 Å². The first kappa shape index (κ1) is 15.7. The fourth-order valence-corrected chi connectivity index (χ4v) is 2.54. The van der Waals surface area contributed by atoms with Gasteiger partial charge in [0.25, 0.3) is 0 Å². The maximum absolute atomic E-state index is 9.88. The van der Waals surface area contributed by atoms with E-state index < -0.39 is 12.1 Å². The highest BCUT2D eigenvalue weighted by Crippen LogP contribution is 2.24. The number of methoxy groups -OCH3 is 1. The monoisotopic (exact) mass is 285 g/mol. The van der Waals surface area contributed by atoms with Crippen LogP contribution in [0.15, 0.2) is 42.5 Å². The number of nitrogens with two attached hydrogens (primary N) is 1. The van der Waals surface area contributed by atoms with Crippen molar-refractivity contribution in [2.75, 3.05) is 13.7 Å². The third-order valence-electron chi connectivity index (χ3n) is 3.60. The van der Waals surface area contributed by atoms with Crippen molar-refractivity contribution in [3.05, 3.63) is 59.2 Å². The Morgan fingerprint density at radius 3 is 2.10 bits per heavy atom. The second-order valence-electron chi connectivity index (χ2n) is 5.55. The van der Waals surface area contributed by atoms with Crippen LogP contribution in [0.25, 0.3) is 11.1 Å². The van der Waals surface area contributed by atoms with E-state index in [-0.39, 0.29) is 6.61 Å². The van der Waals surface area contributed by atoms with Gasteiger partial charge in [-0.1, -0.05) is 53.6 Å². The van der Waals surface area contributed by atoms with Crippen LogP contribution in [0.3, 0.4) is 0 Å².